The second kappa shape index (κ2) is 24.0. The highest BCUT2D eigenvalue weighted by molar-refractivity contribution is 7.99. The third-order valence-electron chi connectivity index (χ3n) is 10.5. The molecule has 2 aliphatic heterocycles. The molecule has 0 radical (unpaired) electrons. The molecule has 2 heterocycles. The summed E-state index contributed by atoms with van der Waals surface area (Å²) >= 11 is 4.05. The van der Waals surface area contributed by atoms with Crippen LogP contribution in [0, 0.1) is 0 Å². The Kier molecular flexibility index (Phi) is 20.2. The quantitative estimate of drug-likeness (QED) is 0.128. The highest BCUT2D eigenvalue weighted by Gasteiger charge is 2.30. The number of hydrogen-bond acceptors (Lipinski definition) is 10. The van der Waals surface area contributed by atoms with E-state index in [-0.39, 0.29) is 36.9 Å². The van der Waals surface area contributed by atoms with Crippen LogP contribution >= 0.6 is 48.3 Å². The largest absolute Gasteiger partial charge is 0.497 e. The van der Waals surface area contributed by atoms with E-state index in [1.165, 1.54) is 33.8 Å². The van der Waals surface area contributed by atoms with Crippen LogP contribution in [0.5, 0.6) is 34.5 Å². The van der Waals surface area contributed by atoms with Gasteiger partial charge in [0.2, 0.25) is 0 Å². The predicted molar refractivity (Wildman–Crippen MR) is 240 cm³/mol. The van der Waals surface area contributed by atoms with Crippen molar-refractivity contribution < 1.29 is 28.4 Å². The number of nitrogens with one attached hydrogen (secondary N) is 2. The number of methoxy groups -OCH3 is 6. The highest BCUT2D eigenvalue weighted by atomic mass is 35.5. The zero-order chi connectivity index (χ0) is 38.5. The van der Waals surface area contributed by atoms with Crippen molar-refractivity contribution in [3.8, 4) is 34.5 Å². The first kappa shape index (κ1) is 47.3. The Bertz CT molecular complexity index is 1610. The van der Waals surface area contributed by atoms with Crippen LogP contribution in [0.1, 0.15) is 72.9 Å². The fraction of sp³-hybridized carbons (Fsp3) is 0.455. The Balaban J connectivity index is 0.000000290. The van der Waals surface area contributed by atoms with E-state index in [9.17, 15) is 0 Å². The lowest BCUT2D eigenvalue weighted by Gasteiger charge is -2.35. The van der Waals surface area contributed by atoms with Gasteiger partial charge in [-0.05, 0) is 109 Å². The van der Waals surface area contributed by atoms with Gasteiger partial charge in [-0.25, -0.2) is 0 Å². The third kappa shape index (κ3) is 12.4. The number of benzene rings is 4. The molecule has 2 aliphatic rings. The molecule has 4 aromatic carbocycles. The Hall–Kier alpha value is -3.12. The molecule has 8 nitrogen and oxygen atoms in total. The lowest BCUT2D eigenvalue weighted by molar-refractivity contribution is 0.352. The van der Waals surface area contributed by atoms with E-state index in [0.29, 0.717) is 23.9 Å². The molecular weight excluding hydrogens is 788 g/mol. The highest BCUT2D eigenvalue weighted by Crippen LogP contribution is 2.39. The summed E-state index contributed by atoms with van der Waals surface area (Å²) in [5.74, 6) is 10.4. The van der Waals surface area contributed by atoms with Crippen LogP contribution in [0.25, 0.3) is 0 Å². The van der Waals surface area contributed by atoms with Gasteiger partial charge in [0.25, 0.3) is 0 Å². The molecule has 2 saturated heterocycles. The second-order valence-electron chi connectivity index (χ2n) is 13.7. The molecule has 4 aromatic rings. The molecule has 6 atom stereocenters. The summed E-state index contributed by atoms with van der Waals surface area (Å²) in [4.78, 5) is 0. The Morgan fingerprint density at radius 1 is 0.482 bits per heavy atom. The first-order valence-corrected chi connectivity index (χ1v) is 21.0. The van der Waals surface area contributed by atoms with Crippen LogP contribution in [-0.4, -0.2) is 77.8 Å². The summed E-state index contributed by atoms with van der Waals surface area (Å²) < 4.78 is 32.3. The van der Waals surface area contributed by atoms with E-state index < -0.39 is 0 Å². The van der Waals surface area contributed by atoms with Crippen molar-refractivity contribution >= 4 is 48.3 Å². The smallest absolute Gasteiger partial charge is 0.160 e. The van der Waals surface area contributed by atoms with Crippen molar-refractivity contribution in [3.05, 3.63) is 107 Å². The Morgan fingerprint density at radius 3 is 1.16 bits per heavy atom. The zero-order valence-electron chi connectivity index (χ0n) is 33.9. The van der Waals surface area contributed by atoms with Gasteiger partial charge in [0.05, 0.1) is 42.7 Å². The third-order valence-corrected chi connectivity index (χ3v) is 12.8. The van der Waals surface area contributed by atoms with Gasteiger partial charge in [0.1, 0.15) is 11.5 Å². The van der Waals surface area contributed by atoms with Crippen LogP contribution in [0.2, 0.25) is 0 Å². The van der Waals surface area contributed by atoms with Crippen LogP contribution in [0.4, 0.5) is 0 Å². The van der Waals surface area contributed by atoms with Gasteiger partial charge >= 0.3 is 0 Å². The molecule has 0 aromatic heterocycles. The minimum absolute atomic E-state index is 0. The van der Waals surface area contributed by atoms with E-state index in [1.807, 2.05) is 59.9 Å². The molecule has 0 saturated carbocycles. The predicted octanol–water partition coefficient (Wildman–Crippen LogP) is 10.1. The summed E-state index contributed by atoms with van der Waals surface area (Å²) in [6.45, 7) is 4.46. The monoisotopic (exact) mass is 846 g/mol. The van der Waals surface area contributed by atoms with Crippen molar-refractivity contribution in [2.24, 2.45) is 0 Å². The number of hydrogen-bond donors (Lipinski definition) is 2. The van der Waals surface area contributed by atoms with Crippen molar-refractivity contribution in [2.45, 2.75) is 62.7 Å². The van der Waals surface area contributed by atoms with Gasteiger partial charge in [-0.3, -0.25) is 0 Å². The van der Waals surface area contributed by atoms with Crippen molar-refractivity contribution in [1.82, 2.24) is 10.6 Å². The minimum atomic E-state index is 0. The molecule has 308 valence electrons. The molecule has 0 amide bonds. The normalized spacial score (nSPS) is 20.0. The standard InChI is InChI=1S/2C22H29NO3S.2ClH/c2*1-15(16-5-8-18(24-2)9-6-16)23-20-11-12-27-14-19(20)17-7-10-21(25-3)22(13-17)26-4;;/h2*5-10,13,15,19-20,23H,11-12,14H2,1-4H3;2*1H/t2*15-,19-,20-;;/m11../s1. The van der Waals surface area contributed by atoms with Crippen LogP contribution < -0.4 is 39.1 Å². The van der Waals surface area contributed by atoms with Gasteiger partial charge < -0.3 is 39.1 Å². The maximum absolute atomic E-state index is 5.51. The summed E-state index contributed by atoms with van der Waals surface area (Å²) in [6.07, 6.45) is 2.31. The number of rotatable bonds is 14. The van der Waals surface area contributed by atoms with Crippen LogP contribution in [0.3, 0.4) is 0 Å². The van der Waals surface area contributed by atoms with Gasteiger partial charge in [-0.2, -0.15) is 23.5 Å². The lowest BCUT2D eigenvalue weighted by Crippen LogP contribution is -2.40. The minimum Gasteiger partial charge on any atom is -0.497 e. The molecule has 0 aliphatic carbocycles. The molecule has 2 N–H and O–H groups in total. The number of halogens is 2. The molecule has 0 bridgehead atoms. The summed E-state index contributed by atoms with van der Waals surface area (Å²) in [6, 6.07) is 30.7. The Labute approximate surface area is 355 Å². The van der Waals surface area contributed by atoms with Crippen LogP contribution in [0.15, 0.2) is 84.9 Å². The molecular formula is C44H60Cl2N2O6S2. The maximum atomic E-state index is 5.51. The topological polar surface area (TPSA) is 79.4 Å². The summed E-state index contributed by atoms with van der Waals surface area (Å²) in [5.41, 5.74) is 5.17. The molecule has 12 heteroatoms. The molecule has 2 fully saturated rings. The molecule has 0 unspecified atom stereocenters. The summed E-state index contributed by atoms with van der Waals surface area (Å²) in [5, 5.41) is 7.72. The number of thioether (sulfide) groups is 2. The molecule has 56 heavy (non-hydrogen) atoms. The van der Waals surface area contributed by atoms with Gasteiger partial charge in [0.15, 0.2) is 23.0 Å². The van der Waals surface area contributed by atoms with Gasteiger partial charge in [-0.1, -0.05) is 36.4 Å². The van der Waals surface area contributed by atoms with Gasteiger partial charge in [0, 0.05) is 47.5 Å². The number of ether oxygens (including phenoxy) is 6. The fourth-order valence-electron chi connectivity index (χ4n) is 7.32. The SMILES string of the molecule is COc1ccc([C@@H](C)N[C@@H]2CCSC[C@@H]2c2ccc(OC)c(OC)c2)cc1.COc1ccc([C@@H](C)N[C@@H]2CCSC[C@@H]2c2ccc(OC)c(OC)c2)cc1.Cl.Cl. The van der Waals surface area contributed by atoms with E-state index in [2.05, 4.69) is 73.0 Å². The first-order valence-electron chi connectivity index (χ1n) is 18.7. The molecule has 6 rings (SSSR count). The van der Waals surface area contributed by atoms with E-state index in [0.717, 1.165) is 58.8 Å². The maximum Gasteiger partial charge on any atom is 0.160 e. The second-order valence-corrected chi connectivity index (χ2v) is 16.0. The van der Waals surface area contributed by atoms with Gasteiger partial charge in [-0.15, -0.1) is 24.8 Å². The first-order chi connectivity index (χ1) is 26.3. The Morgan fingerprint density at radius 2 is 0.839 bits per heavy atom. The summed E-state index contributed by atoms with van der Waals surface area (Å²) in [7, 11) is 10.1. The molecule has 0 spiro atoms. The van der Waals surface area contributed by atoms with Crippen molar-refractivity contribution in [1.29, 1.82) is 0 Å². The van der Waals surface area contributed by atoms with E-state index in [4.69, 9.17) is 28.4 Å². The lowest BCUT2D eigenvalue weighted by atomic mass is 9.89. The average molecular weight is 848 g/mol. The zero-order valence-corrected chi connectivity index (χ0v) is 37.1. The van der Waals surface area contributed by atoms with Crippen molar-refractivity contribution in [2.75, 3.05) is 65.7 Å². The van der Waals surface area contributed by atoms with E-state index in [1.54, 1.807) is 42.7 Å². The van der Waals surface area contributed by atoms with Crippen LogP contribution in [-0.2, 0) is 0 Å². The van der Waals surface area contributed by atoms with Crippen molar-refractivity contribution in [3.63, 3.8) is 0 Å². The fourth-order valence-corrected chi connectivity index (χ4v) is 9.85. The van der Waals surface area contributed by atoms with E-state index >= 15 is 0 Å². The average Bonchev–Trinajstić information content (AvgIpc) is 3.23.